The van der Waals surface area contributed by atoms with Crippen molar-refractivity contribution in [2.24, 2.45) is 5.92 Å². The first-order valence-electron chi connectivity index (χ1n) is 6.14. The summed E-state index contributed by atoms with van der Waals surface area (Å²) in [5.74, 6) is -1.90. The lowest BCUT2D eigenvalue weighted by Gasteiger charge is -2.37. The van der Waals surface area contributed by atoms with Gasteiger partial charge in [-0.25, -0.2) is 0 Å². The number of nitro benzene ring substituents is 1. The van der Waals surface area contributed by atoms with E-state index in [2.05, 4.69) is 0 Å². The topological polar surface area (TPSA) is 101 Å². The highest BCUT2D eigenvalue weighted by Crippen LogP contribution is 2.36. The van der Waals surface area contributed by atoms with Gasteiger partial charge in [0.15, 0.2) is 0 Å². The first kappa shape index (κ1) is 14.0. The Morgan fingerprint density at radius 2 is 2.20 bits per heavy atom. The van der Waals surface area contributed by atoms with Gasteiger partial charge < -0.3 is 10.0 Å². The molecule has 1 aliphatic heterocycles. The van der Waals surface area contributed by atoms with Crippen LogP contribution in [0, 0.1) is 16.0 Å². The monoisotopic (exact) mass is 278 g/mol. The predicted octanol–water partition coefficient (Wildman–Crippen LogP) is 1.59. The summed E-state index contributed by atoms with van der Waals surface area (Å²) in [7, 11) is 1.53. The zero-order valence-electron chi connectivity index (χ0n) is 10.9. The molecule has 1 fully saturated rings. The van der Waals surface area contributed by atoms with Gasteiger partial charge in [0, 0.05) is 25.6 Å². The van der Waals surface area contributed by atoms with Gasteiger partial charge in [-0.3, -0.25) is 19.7 Å². The molecule has 1 saturated heterocycles. The molecule has 0 saturated carbocycles. The van der Waals surface area contributed by atoms with E-state index in [1.165, 1.54) is 30.1 Å². The van der Waals surface area contributed by atoms with E-state index < -0.39 is 22.9 Å². The van der Waals surface area contributed by atoms with Gasteiger partial charge in [0.1, 0.15) is 0 Å². The molecular weight excluding hydrogens is 264 g/mol. The van der Waals surface area contributed by atoms with Crippen LogP contribution < -0.4 is 0 Å². The maximum absolute atomic E-state index is 11.8. The predicted molar refractivity (Wildman–Crippen MR) is 69.0 cm³/mol. The third-order valence-electron chi connectivity index (χ3n) is 3.60. The summed E-state index contributed by atoms with van der Waals surface area (Å²) in [6, 6.07) is 5.11. The van der Waals surface area contributed by atoms with E-state index in [1.807, 2.05) is 0 Å². The summed E-state index contributed by atoms with van der Waals surface area (Å²) in [5, 5.41) is 20.1. The highest BCUT2D eigenvalue weighted by molar-refractivity contribution is 5.81. The summed E-state index contributed by atoms with van der Waals surface area (Å²) >= 11 is 0. The number of likely N-dealkylation sites (tertiary alicyclic amines) is 1. The highest BCUT2D eigenvalue weighted by atomic mass is 16.6. The van der Waals surface area contributed by atoms with Gasteiger partial charge in [-0.15, -0.1) is 0 Å². The fourth-order valence-electron chi connectivity index (χ4n) is 2.58. The molecule has 1 heterocycles. The second-order valence-electron chi connectivity index (χ2n) is 4.78. The first-order valence-corrected chi connectivity index (χ1v) is 6.14. The van der Waals surface area contributed by atoms with Crippen molar-refractivity contribution in [1.82, 2.24) is 4.90 Å². The summed E-state index contributed by atoms with van der Waals surface area (Å²) in [6.07, 6.45) is 0.421. The summed E-state index contributed by atoms with van der Waals surface area (Å²) < 4.78 is 0. The third kappa shape index (κ3) is 2.47. The van der Waals surface area contributed by atoms with Gasteiger partial charge >= 0.3 is 5.97 Å². The number of carbonyl (C=O) groups is 2. The lowest BCUT2D eigenvalue weighted by molar-refractivity contribution is -0.385. The number of carboxylic acid groups (broad SMARTS) is 1. The number of non-ortho nitro benzene ring substituents is 1. The van der Waals surface area contributed by atoms with E-state index in [9.17, 15) is 24.8 Å². The number of benzene rings is 1. The minimum atomic E-state index is -0.999. The van der Waals surface area contributed by atoms with Crippen molar-refractivity contribution in [3.63, 3.8) is 0 Å². The van der Waals surface area contributed by atoms with Gasteiger partial charge in [-0.2, -0.15) is 0 Å². The molecule has 2 atom stereocenters. The van der Waals surface area contributed by atoms with E-state index in [1.54, 1.807) is 6.07 Å². The SMILES string of the molecule is CN1C(=O)CCC(C(=O)O)C1c1cccc([N+](=O)[O-])c1. The van der Waals surface area contributed by atoms with Crippen molar-refractivity contribution in [3.8, 4) is 0 Å². The number of nitrogens with zero attached hydrogens (tertiary/aromatic N) is 2. The van der Waals surface area contributed by atoms with E-state index in [4.69, 9.17) is 0 Å². The number of nitro groups is 1. The molecule has 0 bridgehead atoms. The molecule has 0 aromatic heterocycles. The highest BCUT2D eigenvalue weighted by Gasteiger charge is 2.39. The number of rotatable bonds is 3. The zero-order valence-corrected chi connectivity index (χ0v) is 10.9. The molecule has 20 heavy (non-hydrogen) atoms. The Morgan fingerprint density at radius 1 is 1.50 bits per heavy atom. The molecule has 0 aliphatic carbocycles. The number of hydrogen-bond acceptors (Lipinski definition) is 4. The minimum absolute atomic E-state index is 0.113. The normalized spacial score (nSPS) is 22.6. The largest absolute Gasteiger partial charge is 0.481 e. The molecule has 106 valence electrons. The van der Waals surface area contributed by atoms with Crippen molar-refractivity contribution < 1.29 is 19.6 Å². The molecule has 0 radical (unpaired) electrons. The lowest BCUT2D eigenvalue weighted by atomic mass is 9.84. The van der Waals surface area contributed by atoms with Crippen LogP contribution in [-0.4, -0.2) is 33.9 Å². The fraction of sp³-hybridized carbons (Fsp3) is 0.385. The average Bonchev–Trinajstić information content (AvgIpc) is 2.41. The number of carboxylic acids is 1. The second kappa shape index (κ2) is 5.28. The molecule has 1 N–H and O–H groups in total. The van der Waals surface area contributed by atoms with Crippen LogP contribution >= 0.6 is 0 Å². The van der Waals surface area contributed by atoms with Gasteiger partial charge in [0.05, 0.1) is 16.9 Å². The second-order valence-corrected chi connectivity index (χ2v) is 4.78. The van der Waals surface area contributed by atoms with E-state index >= 15 is 0 Å². The summed E-state index contributed by atoms with van der Waals surface area (Å²) in [6.45, 7) is 0. The Bertz CT molecular complexity index is 572. The maximum Gasteiger partial charge on any atom is 0.308 e. The maximum atomic E-state index is 11.8. The number of piperidine rings is 1. The third-order valence-corrected chi connectivity index (χ3v) is 3.60. The average molecular weight is 278 g/mol. The van der Waals surface area contributed by atoms with Gasteiger partial charge in [0.25, 0.3) is 5.69 Å². The number of hydrogen-bond donors (Lipinski definition) is 1. The van der Waals surface area contributed by atoms with Crippen molar-refractivity contribution >= 4 is 17.6 Å². The Kier molecular flexibility index (Phi) is 3.69. The van der Waals surface area contributed by atoms with E-state index in [0.717, 1.165) is 0 Å². The van der Waals surface area contributed by atoms with Crippen LogP contribution in [0.25, 0.3) is 0 Å². The molecule has 7 nitrogen and oxygen atoms in total. The molecule has 1 aromatic carbocycles. The molecule has 1 aromatic rings. The summed E-state index contributed by atoms with van der Waals surface area (Å²) in [4.78, 5) is 34.7. The van der Waals surface area contributed by atoms with Gasteiger partial charge in [-0.05, 0) is 12.0 Å². The quantitative estimate of drug-likeness (QED) is 0.668. The van der Waals surface area contributed by atoms with Crippen LogP contribution in [0.5, 0.6) is 0 Å². The molecule has 0 spiro atoms. The van der Waals surface area contributed by atoms with Crippen LogP contribution in [0.1, 0.15) is 24.4 Å². The Labute approximate surface area is 115 Å². The standard InChI is InChI=1S/C13H14N2O5/c1-14-11(16)6-5-10(13(17)18)12(14)8-3-2-4-9(7-8)15(19)20/h2-4,7,10,12H,5-6H2,1H3,(H,17,18). The molecule has 2 unspecified atom stereocenters. The summed E-state index contributed by atoms with van der Waals surface area (Å²) in [5.41, 5.74) is 0.361. The number of carbonyl (C=O) groups excluding carboxylic acids is 1. The van der Waals surface area contributed by atoms with Crippen LogP contribution in [0.2, 0.25) is 0 Å². The van der Waals surface area contributed by atoms with Crippen molar-refractivity contribution in [1.29, 1.82) is 0 Å². The van der Waals surface area contributed by atoms with Crippen LogP contribution in [0.3, 0.4) is 0 Å². The Balaban J connectivity index is 2.44. The molecular formula is C13H14N2O5. The fourth-order valence-corrected chi connectivity index (χ4v) is 2.58. The van der Waals surface area contributed by atoms with Crippen LogP contribution in [-0.2, 0) is 9.59 Å². The van der Waals surface area contributed by atoms with Crippen molar-refractivity contribution in [3.05, 3.63) is 39.9 Å². The Hall–Kier alpha value is -2.44. The molecule has 7 heteroatoms. The van der Waals surface area contributed by atoms with Crippen molar-refractivity contribution in [2.45, 2.75) is 18.9 Å². The van der Waals surface area contributed by atoms with Gasteiger partial charge in [0.2, 0.25) is 5.91 Å². The smallest absolute Gasteiger partial charge is 0.308 e. The minimum Gasteiger partial charge on any atom is -0.481 e. The number of aliphatic carboxylic acids is 1. The first-order chi connectivity index (χ1) is 9.41. The molecule has 2 rings (SSSR count). The van der Waals surface area contributed by atoms with Gasteiger partial charge in [-0.1, -0.05) is 12.1 Å². The zero-order chi connectivity index (χ0) is 14.9. The lowest BCUT2D eigenvalue weighted by Crippen LogP contribution is -2.43. The van der Waals surface area contributed by atoms with Crippen molar-refractivity contribution in [2.75, 3.05) is 7.05 Å². The molecule has 1 amide bonds. The molecule has 1 aliphatic rings. The van der Waals surface area contributed by atoms with Crippen LogP contribution in [0.4, 0.5) is 5.69 Å². The van der Waals surface area contributed by atoms with Crippen LogP contribution in [0.15, 0.2) is 24.3 Å². The van der Waals surface area contributed by atoms with E-state index in [0.29, 0.717) is 5.56 Å². The Morgan fingerprint density at radius 3 is 2.80 bits per heavy atom. The number of amides is 1. The van der Waals surface area contributed by atoms with E-state index in [-0.39, 0.29) is 24.4 Å².